The average molecular weight is 192 g/mol. The maximum absolute atomic E-state index is 9.28. The Bertz CT molecular complexity index is 130. The minimum Gasteiger partial charge on any atom is -0.393 e. The average Bonchev–Trinajstić information content (AvgIpc) is 2.03. The molecule has 1 fully saturated rings. The van der Waals surface area contributed by atoms with E-state index in [1.54, 1.807) is 0 Å². The van der Waals surface area contributed by atoms with Gasteiger partial charge in [0.25, 0.3) is 0 Å². The van der Waals surface area contributed by atoms with Gasteiger partial charge in [0.05, 0.1) is 18.8 Å². The van der Waals surface area contributed by atoms with Crippen LogP contribution in [0.3, 0.4) is 0 Å². The molecule has 5 nitrogen and oxygen atoms in total. The predicted octanol–water partition coefficient (Wildman–Crippen LogP) is -0.535. The summed E-state index contributed by atoms with van der Waals surface area (Å²) in [7, 11) is 1.53. The van der Waals surface area contributed by atoms with Gasteiger partial charge in [0.15, 0.2) is 6.29 Å². The number of rotatable bonds is 4. The number of hydrogen-bond donors (Lipinski definition) is 2. The van der Waals surface area contributed by atoms with Gasteiger partial charge in [0.1, 0.15) is 6.79 Å². The van der Waals surface area contributed by atoms with E-state index in [0.717, 1.165) is 0 Å². The first-order valence-corrected chi connectivity index (χ1v) is 4.30. The third-order valence-corrected chi connectivity index (χ3v) is 1.86. The SMILES string of the molecule is COCOC[C@@H]1C[C@@H](O)C[C@@H](O)O1. The molecule has 3 atom stereocenters. The molecule has 0 bridgehead atoms. The van der Waals surface area contributed by atoms with E-state index in [1.165, 1.54) is 7.11 Å². The van der Waals surface area contributed by atoms with Gasteiger partial charge in [-0.3, -0.25) is 0 Å². The predicted molar refractivity (Wildman–Crippen MR) is 43.9 cm³/mol. The van der Waals surface area contributed by atoms with Crippen LogP contribution in [-0.4, -0.2) is 49.2 Å². The Hall–Kier alpha value is -0.200. The Kier molecular flexibility index (Phi) is 4.61. The summed E-state index contributed by atoms with van der Waals surface area (Å²) < 4.78 is 14.9. The van der Waals surface area contributed by atoms with E-state index >= 15 is 0 Å². The van der Waals surface area contributed by atoms with Gasteiger partial charge in [0, 0.05) is 20.0 Å². The molecule has 0 amide bonds. The van der Waals surface area contributed by atoms with E-state index < -0.39 is 12.4 Å². The minimum atomic E-state index is -0.875. The first-order chi connectivity index (χ1) is 6.22. The zero-order chi connectivity index (χ0) is 9.68. The lowest BCUT2D eigenvalue weighted by Crippen LogP contribution is -2.38. The largest absolute Gasteiger partial charge is 0.393 e. The highest BCUT2D eigenvalue weighted by atomic mass is 16.7. The summed E-state index contributed by atoms with van der Waals surface area (Å²) in [4.78, 5) is 0. The van der Waals surface area contributed by atoms with Crippen LogP contribution in [-0.2, 0) is 14.2 Å². The molecule has 1 saturated heterocycles. The molecule has 13 heavy (non-hydrogen) atoms. The lowest BCUT2D eigenvalue weighted by Gasteiger charge is -2.29. The molecule has 0 saturated carbocycles. The van der Waals surface area contributed by atoms with Gasteiger partial charge in [-0.05, 0) is 0 Å². The smallest absolute Gasteiger partial charge is 0.157 e. The highest BCUT2D eigenvalue weighted by Crippen LogP contribution is 2.18. The molecule has 0 spiro atoms. The zero-order valence-corrected chi connectivity index (χ0v) is 7.68. The van der Waals surface area contributed by atoms with Crippen molar-refractivity contribution in [1.82, 2.24) is 0 Å². The highest BCUT2D eigenvalue weighted by Gasteiger charge is 2.26. The summed E-state index contributed by atoms with van der Waals surface area (Å²) in [5.41, 5.74) is 0. The molecule has 0 aliphatic carbocycles. The Morgan fingerprint density at radius 3 is 2.77 bits per heavy atom. The van der Waals surface area contributed by atoms with E-state index in [9.17, 15) is 5.11 Å². The maximum atomic E-state index is 9.28. The molecule has 78 valence electrons. The summed E-state index contributed by atoms with van der Waals surface area (Å²) in [5.74, 6) is 0. The Morgan fingerprint density at radius 2 is 2.15 bits per heavy atom. The molecular formula is C8H16O5. The fraction of sp³-hybridized carbons (Fsp3) is 1.00. The standard InChI is InChI=1S/C8H16O5/c1-11-5-12-4-7-2-6(9)3-8(10)13-7/h6-10H,2-5H2,1H3/t6-,7+,8+/m1/s1. The van der Waals surface area contributed by atoms with E-state index in [1.807, 2.05) is 0 Å². The molecule has 0 aromatic rings. The second-order valence-electron chi connectivity index (χ2n) is 3.12. The van der Waals surface area contributed by atoms with Crippen molar-refractivity contribution in [2.24, 2.45) is 0 Å². The number of hydrogen-bond acceptors (Lipinski definition) is 5. The fourth-order valence-electron chi connectivity index (χ4n) is 1.34. The summed E-state index contributed by atoms with van der Waals surface area (Å²) in [5, 5.41) is 18.4. The van der Waals surface area contributed by atoms with Gasteiger partial charge < -0.3 is 24.4 Å². The Labute approximate surface area is 77.2 Å². The number of ether oxygens (including phenoxy) is 3. The van der Waals surface area contributed by atoms with E-state index in [-0.39, 0.29) is 19.3 Å². The van der Waals surface area contributed by atoms with Crippen LogP contribution in [0.25, 0.3) is 0 Å². The van der Waals surface area contributed by atoms with Gasteiger partial charge in [-0.25, -0.2) is 0 Å². The van der Waals surface area contributed by atoms with Crippen molar-refractivity contribution in [3.63, 3.8) is 0 Å². The van der Waals surface area contributed by atoms with Crippen LogP contribution in [0.5, 0.6) is 0 Å². The molecule has 0 radical (unpaired) electrons. The Morgan fingerprint density at radius 1 is 1.38 bits per heavy atom. The third-order valence-electron chi connectivity index (χ3n) is 1.86. The van der Waals surface area contributed by atoms with Crippen LogP contribution in [0, 0.1) is 0 Å². The second-order valence-corrected chi connectivity index (χ2v) is 3.12. The van der Waals surface area contributed by atoms with Crippen LogP contribution < -0.4 is 0 Å². The lowest BCUT2D eigenvalue weighted by atomic mass is 10.1. The summed E-state index contributed by atoms with van der Waals surface area (Å²) in [6.45, 7) is 0.536. The summed E-state index contributed by atoms with van der Waals surface area (Å²) in [6.07, 6.45) is -0.838. The van der Waals surface area contributed by atoms with Crippen molar-refractivity contribution < 1.29 is 24.4 Å². The van der Waals surface area contributed by atoms with Crippen molar-refractivity contribution in [1.29, 1.82) is 0 Å². The van der Waals surface area contributed by atoms with Crippen molar-refractivity contribution in [2.45, 2.75) is 31.3 Å². The van der Waals surface area contributed by atoms with Crippen molar-refractivity contribution >= 4 is 0 Å². The van der Waals surface area contributed by atoms with Gasteiger partial charge >= 0.3 is 0 Å². The van der Waals surface area contributed by atoms with Crippen molar-refractivity contribution in [2.75, 3.05) is 20.5 Å². The highest BCUT2D eigenvalue weighted by molar-refractivity contribution is 4.71. The first-order valence-electron chi connectivity index (χ1n) is 4.30. The van der Waals surface area contributed by atoms with Crippen LogP contribution in [0.15, 0.2) is 0 Å². The van der Waals surface area contributed by atoms with E-state index in [2.05, 4.69) is 4.74 Å². The molecule has 0 aromatic heterocycles. The number of aliphatic hydroxyl groups excluding tert-OH is 2. The quantitative estimate of drug-likeness (QED) is 0.462. The lowest BCUT2D eigenvalue weighted by molar-refractivity contribution is -0.207. The van der Waals surface area contributed by atoms with E-state index in [4.69, 9.17) is 14.6 Å². The molecule has 0 unspecified atom stereocenters. The van der Waals surface area contributed by atoms with Gasteiger partial charge in [0.2, 0.25) is 0 Å². The topological polar surface area (TPSA) is 68.2 Å². The molecule has 0 aromatic carbocycles. The third kappa shape index (κ3) is 4.02. The van der Waals surface area contributed by atoms with Crippen LogP contribution in [0.2, 0.25) is 0 Å². The Balaban J connectivity index is 2.17. The van der Waals surface area contributed by atoms with E-state index in [0.29, 0.717) is 13.0 Å². The number of aliphatic hydroxyl groups is 2. The van der Waals surface area contributed by atoms with Gasteiger partial charge in [-0.1, -0.05) is 0 Å². The molecule has 1 aliphatic rings. The fourth-order valence-corrected chi connectivity index (χ4v) is 1.34. The molecule has 1 heterocycles. The summed E-state index contributed by atoms with van der Waals surface area (Å²) >= 11 is 0. The first kappa shape index (κ1) is 10.9. The second kappa shape index (κ2) is 5.51. The van der Waals surface area contributed by atoms with Crippen molar-refractivity contribution in [3.05, 3.63) is 0 Å². The monoisotopic (exact) mass is 192 g/mol. The maximum Gasteiger partial charge on any atom is 0.157 e. The van der Waals surface area contributed by atoms with Crippen LogP contribution in [0.1, 0.15) is 12.8 Å². The normalized spacial score (nSPS) is 34.8. The summed E-state index contributed by atoms with van der Waals surface area (Å²) in [6, 6.07) is 0. The number of methoxy groups -OCH3 is 1. The molecule has 1 aliphatic heterocycles. The van der Waals surface area contributed by atoms with Crippen LogP contribution >= 0.6 is 0 Å². The van der Waals surface area contributed by atoms with Crippen LogP contribution in [0.4, 0.5) is 0 Å². The molecule has 2 N–H and O–H groups in total. The molecular weight excluding hydrogens is 176 g/mol. The minimum absolute atomic E-state index is 0.200. The zero-order valence-electron chi connectivity index (χ0n) is 7.68. The molecule has 5 heteroatoms. The van der Waals surface area contributed by atoms with Crippen molar-refractivity contribution in [3.8, 4) is 0 Å². The van der Waals surface area contributed by atoms with Gasteiger partial charge in [-0.2, -0.15) is 0 Å². The molecule has 1 rings (SSSR count). The van der Waals surface area contributed by atoms with Gasteiger partial charge in [-0.15, -0.1) is 0 Å².